The fourth-order valence-corrected chi connectivity index (χ4v) is 2.23. The Morgan fingerprint density at radius 3 is 2.80 bits per heavy atom. The molecular formula is C13H12N2O4S. The Bertz CT molecular complexity index is 610. The summed E-state index contributed by atoms with van der Waals surface area (Å²) in [6, 6.07) is 3.57. The van der Waals surface area contributed by atoms with Gasteiger partial charge in [-0.1, -0.05) is 0 Å². The number of methoxy groups -OCH3 is 1. The molecule has 0 atom stereocenters. The van der Waals surface area contributed by atoms with E-state index in [0.29, 0.717) is 41.3 Å². The van der Waals surface area contributed by atoms with Crippen molar-refractivity contribution in [2.24, 2.45) is 0 Å². The van der Waals surface area contributed by atoms with E-state index < -0.39 is 0 Å². The summed E-state index contributed by atoms with van der Waals surface area (Å²) in [5.41, 5.74) is 1.14. The third-order valence-corrected chi connectivity index (χ3v) is 3.09. The quantitative estimate of drug-likeness (QED) is 0.621. The Morgan fingerprint density at radius 1 is 1.30 bits per heavy atom. The SMILES string of the molecule is COc1cc(/C=C2\NC(=S)NC2=O)cc2c1OCCO2. The van der Waals surface area contributed by atoms with Gasteiger partial charge in [0.2, 0.25) is 5.75 Å². The maximum Gasteiger partial charge on any atom is 0.273 e. The van der Waals surface area contributed by atoms with Gasteiger partial charge in [0.05, 0.1) is 7.11 Å². The third-order valence-electron chi connectivity index (χ3n) is 2.88. The van der Waals surface area contributed by atoms with Crippen molar-refractivity contribution in [2.75, 3.05) is 20.3 Å². The second-order valence-electron chi connectivity index (χ2n) is 4.21. The number of hydrogen-bond acceptors (Lipinski definition) is 5. The smallest absolute Gasteiger partial charge is 0.273 e. The average Bonchev–Trinajstić information content (AvgIpc) is 2.76. The van der Waals surface area contributed by atoms with E-state index in [1.54, 1.807) is 25.3 Å². The van der Waals surface area contributed by atoms with Gasteiger partial charge in [0.25, 0.3) is 5.91 Å². The van der Waals surface area contributed by atoms with Crippen LogP contribution in [0.5, 0.6) is 17.2 Å². The molecule has 0 bridgehead atoms. The number of nitrogens with one attached hydrogen (secondary N) is 2. The molecule has 1 fully saturated rings. The van der Waals surface area contributed by atoms with Crippen LogP contribution in [0.15, 0.2) is 17.8 Å². The molecule has 104 valence electrons. The molecule has 1 aromatic carbocycles. The molecule has 0 radical (unpaired) electrons. The Kier molecular flexibility index (Phi) is 3.19. The Balaban J connectivity index is 2.00. The van der Waals surface area contributed by atoms with Gasteiger partial charge in [-0.2, -0.15) is 0 Å². The van der Waals surface area contributed by atoms with Crippen LogP contribution in [0.2, 0.25) is 0 Å². The van der Waals surface area contributed by atoms with Crippen LogP contribution in [0.25, 0.3) is 6.08 Å². The summed E-state index contributed by atoms with van der Waals surface area (Å²) in [5, 5.41) is 5.59. The monoisotopic (exact) mass is 292 g/mol. The van der Waals surface area contributed by atoms with Gasteiger partial charge in [-0.25, -0.2) is 0 Å². The van der Waals surface area contributed by atoms with E-state index in [0.717, 1.165) is 5.56 Å². The van der Waals surface area contributed by atoms with Crippen LogP contribution in [-0.4, -0.2) is 31.3 Å². The van der Waals surface area contributed by atoms with Gasteiger partial charge in [-0.3, -0.25) is 10.1 Å². The summed E-state index contributed by atoms with van der Waals surface area (Å²) in [4.78, 5) is 11.6. The van der Waals surface area contributed by atoms with Crippen LogP contribution in [0.4, 0.5) is 0 Å². The van der Waals surface area contributed by atoms with E-state index >= 15 is 0 Å². The Hall–Kier alpha value is -2.28. The minimum atomic E-state index is -0.260. The van der Waals surface area contributed by atoms with Crippen LogP contribution < -0.4 is 24.8 Å². The number of ether oxygens (including phenoxy) is 3. The summed E-state index contributed by atoms with van der Waals surface area (Å²) in [6.07, 6.45) is 1.68. The van der Waals surface area contributed by atoms with E-state index in [1.807, 2.05) is 0 Å². The summed E-state index contributed by atoms with van der Waals surface area (Å²) in [5.74, 6) is 1.49. The topological polar surface area (TPSA) is 68.8 Å². The molecule has 2 N–H and O–H groups in total. The minimum absolute atomic E-state index is 0.260. The van der Waals surface area contributed by atoms with Gasteiger partial charge in [-0.15, -0.1) is 0 Å². The number of benzene rings is 1. The van der Waals surface area contributed by atoms with E-state index in [9.17, 15) is 4.79 Å². The number of amides is 1. The fraction of sp³-hybridized carbons (Fsp3) is 0.231. The van der Waals surface area contributed by atoms with Gasteiger partial charge in [0.15, 0.2) is 16.6 Å². The maximum atomic E-state index is 11.6. The van der Waals surface area contributed by atoms with Gasteiger partial charge < -0.3 is 19.5 Å². The lowest BCUT2D eigenvalue weighted by molar-refractivity contribution is -0.115. The highest BCUT2D eigenvalue weighted by atomic mass is 32.1. The first-order valence-electron chi connectivity index (χ1n) is 5.99. The standard InChI is InChI=1S/C13H12N2O4S/c1-17-9-5-7(4-8-12(16)15-13(20)14-8)6-10-11(9)19-3-2-18-10/h4-6H,2-3H2,1H3,(H2,14,15,16,20)/b8-4-. The largest absolute Gasteiger partial charge is 0.493 e. The lowest BCUT2D eigenvalue weighted by atomic mass is 10.1. The first kappa shape index (κ1) is 12.7. The molecule has 20 heavy (non-hydrogen) atoms. The number of fused-ring (bicyclic) bond motifs is 1. The lowest BCUT2D eigenvalue weighted by Gasteiger charge is -2.21. The maximum absolute atomic E-state index is 11.6. The molecule has 0 aliphatic carbocycles. The molecule has 0 saturated carbocycles. The Labute approximate surface area is 120 Å². The predicted molar refractivity (Wildman–Crippen MR) is 75.8 cm³/mol. The average molecular weight is 292 g/mol. The first-order chi connectivity index (χ1) is 9.67. The van der Waals surface area contributed by atoms with Gasteiger partial charge in [0.1, 0.15) is 18.9 Å². The zero-order chi connectivity index (χ0) is 14.1. The molecule has 0 spiro atoms. The molecule has 1 saturated heterocycles. The molecule has 2 heterocycles. The molecule has 0 unspecified atom stereocenters. The highest BCUT2D eigenvalue weighted by molar-refractivity contribution is 7.80. The van der Waals surface area contributed by atoms with Crippen LogP contribution in [0, 0.1) is 0 Å². The van der Waals surface area contributed by atoms with Crippen molar-refractivity contribution in [1.82, 2.24) is 10.6 Å². The summed E-state index contributed by atoms with van der Waals surface area (Å²) in [6.45, 7) is 0.973. The van der Waals surface area contributed by atoms with Crippen LogP contribution in [0.3, 0.4) is 0 Å². The van der Waals surface area contributed by atoms with Gasteiger partial charge in [0, 0.05) is 0 Å². The van der Waals surface area contributed by atoms with Crippen molar-refractivity contribution in [3.63, 3.8) is 0 Å². The highest BCUT2D eigenvalue weighted by Gasteiger charge is 2.22. The molecule has 2 aliphatic heterocycles. The zero-order valence-electron chi connectivity index (χ0n) is 10.7. The molecular weight excluding hydrogens is 280 g/mol. The van der Waals surface area contributed by atoms with Crippen LogP contribution >= 0.6 is 12.2 Å². The van der Waals surface area contributed by atoms with Crippen molar-refractivity contribution < 1.29 is 19.0 Å². The number of carbonyl (C=O) groups is 1. The first-order valence-corrected chi connectivity index (χ1v) is 6.40. The normalized spacial score (nSPS) is 18.8. The third kappa shape index (κ3) is 2.27. The lowest BCUT2D eigenvalue weighted by Crippen LogP contribution is -2.21. The fourth-order valence-electron chi connectivity index (χ4n) is 2.03. The summed E-state index contributed by atoms with van der Waals surface area (Å²) < 4.78 is 16.3. The van der Waals surface area contributed by atoms with E-state index in [4.69, 9.17) is 26.4 Å². The second-order valence-corrected chi connectivity index (χ2v) is 4.62. The Morgan fingerprint density at radius 2 is 2.10 bits per heavy atom. The number of thiocarbonyl (C=S) groups is 1. The number of rotatable bonds is 2. The molecule has 1 amide bonds. The highest BCUT2D eigenvalue weighted by Crippen LogP contribution is 2.40. The molecule has 0 aromatic heterocycles. The number of hydrogen-bond donors (Lipinski definition) is 2. The predicted octanol–water partition coefficient (Wildman–Crippen LogP) is 0.812. The van der Waals surface area contributed by atoms with Crippen molar-refractivity contribution >= 4 is 29.3 Å². The molecule has 2 aliphatic rings. The summed E-state index contributed by atoms with van der Waals surface area (Å²) >= 11 is 4.88. The molecule has 3 rings (SSSR count). The van der Waals surface area contributed by atoms with E-state index in [1.165, 1.54) is 0 Å². The second kappa shape index (κ2) is 5.01. The van der Waals surface area contributed by atoms with E-state index in [-0.39, 0.29) is 5.91 Å². The van der Waals surface area contributed by atoms with Crippen molar-refractivity contribution in [2.45, 2.75) is 0 Å². The van der Waals surface area contributed by atoms with Crippen molar-refractivity contribution in [3.05, 3.63) is 23.4 Å². The van der Waals surface area contributed by atoms with Gasteiger partial charge >= 0.3 is 0 Å². The number of carbonyl (C=O) groups excluding carboxylic acids is 1. The minimum Gasteiger partial charge on any atom is -0.493 e. The zero-order valence-corrected chi connectivity index (χ0v) is 11.5. The van der Waals surface area contributed by atoms with Gasteiger partial charge in [-0.05, 0) is 36.0 Å². The van der Waals surface area contributed by atoms with E-state index in [2.05, 4.69) is 10.6 Å². The molecule has 7 heteroatoms. The van der Waals surface area contributed by atoms with Crippen molar-refractivity contribution in [1.29, 1.82) is 0 Å². The van der Waals surface area contributed by atoms with Crippen LogP contribution in [0.1, 0.15) is 5.56 Å². The van der Waals surface area contributed by atoms with Crippen LogP contribution in [-0.2, 0) is 4.79 Å². The molecule has 6 nitrogen and oxygen atoms in total. The summed E-state index contributed by atoms with van der Waals surface area (Å²) in [7, 11) is 1.56. The van der Waals surface area contributed by atoms with Crippen molar-refractivity contribution in [3.8, 4) is 17.2 Å². The molecule has 1 aromatic rings.